The lowest BCUT2D eigenvalue weighted by atomic mass is 10.0. The van der Waals surface area contributed by atoms with Gasteiger partial charge in [-0.05, 0) is 12.1 Å². The highest BCUT2D eigenvalue weighted by atomic mass is 35.5. The number of aromatic nitrogens is 2. The topological polar surface area (TPSA) is 45.5 Å². The van der Waals surface area contributed by atoms with Crippen LogP contribution in [0.2, 0.25) is 5.02 Å². The molecular formula is C17H19ClN2O3. The molecule has 1 aromatic carbocycles. The van der Waals surface area contributed by atoms with E-state index in [1.807, 2.05) is 29.0 Å². The van der Waals surface area contributed by atoms with Crippen molar-refractivity contribution in [3.05, 3.63) is 54.1 Å². The molecule has 6 heteroatoms. The zero-order valence-corrected chi connectivity index (χ0v) is 13.7. The number of aryl methyl sites for hydroxylation is 1. The molecule has 23 heavy (non-hydrogen) atoms. The van der Waals surface area contributed by atoms with Gasteiger partial charge in [0, 0.05) is 31.4 Å². The summed E-state index contributed by atoms with van der Waals surface area (Å²) in [5.74, 6) is 1.33. The number of nitrogens with zero attached hydrogens (tertiary/aromatic N) is 2. The molecule has 1 aliphatic rings. The van der Waals surface area contributed by atoms with Crippen molar-refractivity contribution >= 4 is 11.6 Å². The number of benzene rings is 1. The van der Waals surface area contributed by atoms with Crippen molar-refractivity contribution in [2.24, 2.45) is 0 Å². The predicted molar refractivity (Wildman–Crippen MR) is 88.2 cm³/mol. The van der Waals surface area contributed by atoms with Crippen LogP contribution in [0, 0.1) is 0 Å². The number of hydrogen-bond donors (Lipinski definition) is 0. The molecule has 0 N–H and O–H groups in total. The zero-order valence-electron chi connectivity index (χ0n) is 12.9. The summed E-state index contributed by atoms with van der Waals surface area (Å²) in [4.78, 5) is 4.06. The Morgan fingerprint density at radius 1 is 1.43 bits per heavy atom. The van der Waals surface area contributed by atoms with Crippen LogP contribution in [0.3, 0.4) is 0 Å². The molecule has 2 heterocycles. The average molecular weight is 335 g/mol. The molecule has 1 aliphatic heterocycles. The van der Waals surface area contributed by atoms with Gasteiger partial charge in [0.1, 0.15) is 23.7 Å². The van der Waals surface area contributed by atoms with Crippen molar-refractivity contribution in [2.45, 2.75) is 18.6 Å². The molecule has 5 nitrogen and oxygen atoms in total. The van der Waals surface area contributed by atoms with Crippen molar-refractivity contribution in [3.8, 4) is 11.5 Å². The summed E-state index contributed by atoms with van der Waals surface area (Å²) < 4.78 is 19.0. The van der Waals surface area contributed by atoms with Gasteiger partial charge in [-0.2, -0.15) is 0 Å². The van der Waals surface area contributed by atoms with Gasteiger partial charge >= 0.3 is 0 Å². The third-order valence-corrected chi connectivity index (χ3v) is 4.15. The average Bonchev–Trinajstić information content (AvgIpc) is 3.24. The van der Waals surface area contributed by atoms with Crippen LogP contribution in [-0.2, 0) is 11.3 Å². The van der Waals surface area contributed by atoms with Crippen LogP contribution in [-0.4, -0.2) is 35.5 Å². The lowest BCUT2D eigenvalue weighted by Gasteiger charge is -2.27. The first-order valence-corrected chi connectivity index (χ1v) is 7.82. The van der Waals surface area contributed by atoms with Crippen molar-refractivity contribution in [3.63, 3.8) is 0 Å². The minimum Gasteiger partial charge on any atom is -0.497 e. The lowest BCUT2D eigenvalue weighted by Crippen LogP contribution is -2.36. The Kier molecular flexibility index (Phi) is 4.88. The van der Waals surface area contributed by atoms with E-state index in [4.69, 9.17) is 25.8 Å². The van der Waals surface area contributed by atoms with E-state index >= 15 is 0 Å². The van der Waals surface area contributed by atoms with E-state index < -0.39 is 5.60 Å². The Morgan fingerprint density at radius 3 is 3.00 bits per heavy atom. The largest absolute Gasteiger partial charge is 0.497 e. The van der Waals surface area contributed by atoms with E-state index in [0.717, 1.165) is 13.0 Å². The molecular weight excluding hydrogens is 316 g/mol. The molecule has 0 radical (unpaired) electrons. The van der Waals surface area contributed by atoms with E-state index in [9.17, 15) is 0 Å². The van der Waals surface area contributed by atoms with Crippen LogP contribution in [0.5, 0.6) is 11.5 Å². The highest BCUT2D eigenvalue weighted by Crippen LogP contribution is 2.31. The Bertz CT molecular complexity index is 672. The fourth-order valence-corrected chi connectivity index (χ4v) is 2.73. The molecule has 0 unspecified atom stereocenters. The summed E-state index contributed by atoms with van der Waals surface area (Å²) in [5, 5.41) is 0.524. The fourth-order valence-electron chi connectivity index (χ4n) is 2.51. The quantitative estimate of drug-likeness (QED) is 0.728. The predicted octanol–water partition coefficient (Wildman–Crippen LogP) is 3.34. The van der Waals surface area contributed by atoms with Gasteiger partial charge in [0.15, 0.2) is 0 Å². The van der Waals surface area contributed by atoms with E-state index in [0.29, 0.717) is 29.7 Å². The first-order valence-electron chi connectivity index (χ1n) is 7.44. The second-order valence-corrected chi connectivity index (χ2v) is 5.82. The van der Waals surface area contributed by atoms with Crippen LogP contribution in [0.1, 0.15) is 6.42 Å². The molecule has 1 aromatic heterocycles. The number of ether oxygens (including phenoxy) is 3. The highest BCUT2D eigenvalue weighted by molar-refractivity contribution is 6.32. The molecule has 0 saturated heterocycles. The number of hydrogen-bond acceptors (Lipinski definition) is 4. The third-order valence-electron chi connectivity index (χ3n) is 3.85. The molecule has 0 aliphatic carbocycles. The third kappa shape index (κ3) is 3.86. The second kappa shape index (κ2) is 7.06. The highest BCUT2D eigenvalue weighted by Gasteiger charge is 2.32. The zero-order chi connectivity index (χ0) is 16.1. The number of halogens is 1. The minimum absolute atomic E-state index is 0.407. The van der Waals surface area contributed by atoms with Crippen molar-refractivity contribution in [1.29, 1.82) is 0 Å². The van der Waals surface area contributed by atoms with Gasteiger partial charge < -0.3 is 18.8 Å². The Labute approximate surface area is 140 Å². The number of methoxy groups -OCH3 is 1. The van der Waals surface area contributed by atoms with Gasteiger partial charge in [-0.15, -0.1) is 0 Å². The summed E-state index contributed by atoms with van der Waals surface area (Å²) in [6.07, 6.45) is 10.4. The van der Waals surface area contributed by atoms with Gasteiger partial charge in [-0.25, -0.2) is 4.98 Å². The Balaban J connectivity index is 1.64. The SMILES string of the molecule is COc1ccc(OC[C@@]2(CCn3ccnc3)C=CCO2)c(Cl)c1. The first-order chi connectivity index (χ1) is 11.2. The summed E-state index contributed by atoms with van der Waals surface area (Å²) >= 11 is 6.22. The standard InChI is InChI=1S/C17H19ClN2O3/c1-21-14-3-4-16(15(18)11-14)22-12-17(5-2-10-23-17)6-8-20-9-7-19-13-20/h2-5,7,9,11,13H,6,8,10,12H2,1H3/t17-/m0/s1. The van der Waals surface area contributed by atoms with Gasteiger partial charge in [0.2, 0.25) is 0 Å². The van der Waals surface area contributed by atoms with Gasteiger partial charge in [0.05, 0.1) is 25.1 Å². The number of rotatable bonds is 7. The van der Waals surface area contributed by atoms with Crippen molar-refractivity contribution in [1.82, 2.24) is 9.55 Å². The Morgan fingerprint density at radius 2 is 2.35 bits per heavy atom. The summed E-state index contributed by atoms with van der Waals surface area (Å²) in [7, 11) is 1.61. The lowest BCUT2D eigenvalue weighted by molar-refractivity contribution is -0.0184. The molecule has 0 bridgehead atoms. The van der Waals surface area contributed by atoms with Crippen LogP contribution in [0.25, 0.3) is 0 Å². The van der Waals surface area contributed by atoms with E-state index in [2.05, 4.69) is 11.1 Å². The second-order valence-electron chi connectivity index (χ2n) is 5.41. The normalized spacial score (nSPS) is 19.9. The first kappa shape index (κ1) is 15.9. The van der Waals surface area contributed by atoms with Gasteiger partial charge in [0.25, 0.3) is 0 Å². The summed E-state index contributed by atoms with van der Waals surface area (Å²) in [6.45, 7) is 1.82. The van der Waals surface area contributed by atoms with Crippen LogP contribution >= 0.6 is 11.6 Å². The van der Waals surface area contributed by atoms with E-state index in [-0.39, 0.29) is 0 Å². The van der Waals surface area contributed by atoms with Gasteiger partial charge in [-0.3, -0.25) is 0 Å². The molecule has 122 valence electrons. The molecule has 0 spiro atoms. The minimum atomic E-state index is -0.437. The van der Waals surface area contributed by atoms with Crippen molar-refractivity contribution < 1.29 is 14.2 Å². The monoisotopic (exact) mass is 334 g/mol. The van der Waals surface area contributed by atoms with E-state index in [1.54, 1.807) is 25.7 Å². The smallest absolute Gasteiger partial charge is 0.138 e. The van der Waals surface area contributed by atoms with Crippen LogP contribution in [0.15, 0.2) is 49.1 Å². The molecule has 0 saturated carbocycles. The van der Waals surface area contributed by atoms with Gasteiger partial charge in [-0.1, -0.05) is 23.8 Å². The maximum atomic E-state index is 6.22. The maximum Gasteiger partial charge on any atom is 0.138 e. The molecule has 1 atom stereocenters. The molecule has 3 rings (SSSR count). The summed E-state index contributed by atoms with van der Waals surface area (Å²) in [5.41, 5.74) is -0.437. The van der Waals surface area contributed by atoms with Crippen LogP contribution in [0.4, 0.5) is 0 Å². The van der Waals surface area contributed by atoms with Crippen LogP contribution < -0.4 is 9.47 Å². The van der Waals surface area contributed by atoms with Crippen molar-refractivity contribution in [2.75, 3.05) is 20.3 Å². The molecule has 0 amide bonds. The summed E-state index contributed by atoms with van der Waals surface area (Å²) in [6, 6.07) is 5.37. The Hall–Kier alpha value is -1.98. The molecule has 0 fully saturated rings. The molecule has 2 aromatic rings. The maximum absolute atomic E-state index is 6.22. The van der Waals surface area contributed by atoms with E-state index in [1.165, 1.54) is 0 Å². The number of imidazole rings is 1. The fraction of sp³-hybridized carbons (Fsp3) is 0.353.